The van der Waals surface area contributed by atoms with Gasteiger partial charge in [0.15, 0.2) is 23.1 Å². The van der Waals surface area contributed by atoms with E-state index in [9.17, 15) is 5.11 Å². The summed E-state index contributed by atoms with van der Waals surface area (Å²) in [4.78, 5) is 31.7. The maximum Gasteiger partial charge on any atom is 0.249 e. The zero-order valence-corrected chi connectivity index (χ0v) is 26.4. The molecule has 0 spiro atoms. The quantitative estimate of drug-likeness (QED) is 0.0790. The molecule has 0 aliphatic rings. The summed E-state index contributed by atoms with van der Waals surface area (Å²) in [6, 6.07) is 7.45. The van der Waals surface area contributed by atoms with Crippen molar-refractivity contribution in [2.24, 2.45) is 0 Å². The zero-order chi connectivity index (χ0) is 32.4. The number of hydrogen-bond acceptors (Lipinski definition) is 14. The molecule has 4 aromatic heterocycles. The summed E-state index contributed by atoms with van der Waals surface area (Å²) < 4.78 is 12.0. The van der Waals surface area contributed by atoms with E-state index in [1.54, 1.807) is 37.2 Å². The summed E-state index contributed by atoms with van der Waals surface area (Å²) in [5.41, 5.74) is 10.6. The Kier molecular flexibility index (Phi) is 14.0. The van der Waals surface area contributed by atoms with Crippen molar-refractivity contribution < 1.29 is 19.4 Å². The lowest BCUT2D eigenvalue weighted by molar-refractivity contribution is 0.175. The number of unbranched alkanes of at least 4 members (excludes halogenated alkanes) is 1. The lowest BCUT2D eigenvalue weighted by Crippen LogP contribution is -2.28. The van der Waals surface area contributed by atoms with Crippen LogP contribution in [0.1, 0.15) is 63.5 Å². The molecule has 0 amide bonds. The summed E-state index contributed by atoms with van der Waals surface area (Å²) in [6.45, 7) is 5.16. The van der Waals surface area contributed by atoms with E-state index >= 15 is 0 Å². The third-order valence-corrected chi connectivity index (χ3v) is 6.91. The van der Waals surface area contributed by atoms with Crippen LogP contribution < -0.4 is 31.3 Å². The van der Waals surface area contributed by atoms with E-state index in [0.29, 0.717) is 42.8 Å². The van der Waals surface area contributed by atoms with Crippen LogP contribution in [-0.4, -0.2) is 60.3 Å². The van der Waals surface area contributed by atoms with Crippen molar-refractivity contribution in [2.45, 2.75) is 77.7 Å². The average molecular weight is 633 g/mol. The van der Waals surface area contributed by atoms with Gasteiger partial charge in [-0.2, -0.15) is 9.97 Å². The summed E-state index contributed by atoms with van der Waals surface area (Å²) >= 11 is 0. The van der Waals surface area contributed by atoms with Gasteiger partial charge in [-0.25, -0.2) is 15.4 Å². The normalized spacial score (nSPS) is 12.2. The molecule has 6 N–H and O–H groups in total. The molecule has 14 heteroatoms. The van der Waals surface area contributed by atoms with Gasteiger partial charge in [0.1, 0.15) is 13.2 Å². The number of pyridine rings is 2. The fourth-order valence-electron chi connectivity index (χ4n) is 4.55. The third kappa shape index (κ3) is 11.3. The zero-order valence-electron chi connectivity index (χ0n) is 26.4. The second kappa shape index (κ2) is 18.9. The number of anilines is 4. The largest absolute Gasteiger partial charge is 0.483 e. The van der Waals surface area contributed by atoms with E-state index < -0.39 is 0 Å². The summed E-state index contributed by atoms with van der Waals surface area (Å²) in [5.74, 6) is 2.32. The molecule has 0 fully saturated rings. The highest BCUT2D eigenvalue weighted by Crippen LogP contribution is 2.27. The predicted octanol–water partition coefficient (Wildman–Crippen LogP) is 4.77. The number of aliphatic hydroxyl groups is 1. The number of aromatic nitrogens is 6. The average Bonchev–Trinajstić information content (AvgIpc) is 3.07. The fourth-order valence-corrected chi connectivity index (χ4v) is 4.55. The van der Waals surface area contributed by atoms with E-state index in [0.717, 1.165) is 43.2 Å². The molecule has 0 aromatic carbocycles. The van der Waals surface area contributed by atoms with Crippen molar-refractivity contribution in [3.63, 3.8) is 0 Å². The van der Waals surface area contributed by atoms with Crippen molar-refractivity contribution in [1.82, 2.24) is 29.9 Å². The number of nitrogen functional groups attached to an aromatic ring is 1. The second-order valence-corrected chi connectivity index (χ2v) is 10.7. The molecule has 0 bridgehead atoms. The Morgan fingerprint density at radius 2 is 1.43 bits per heavy atom. The molecule has 4 aromatic rings. The highest BCUT2D eigenvalue weighted by Gasteiger charge is 2.17. The minimum Gasteiger partial charge on any atom is -0.483 e. The first-order valence-electron chi connectivity index (χ1n) is 15.6. The molecule has 0 aliphatic heterocycles. The Morgan fingerprint density at radius 3 is 2.04 bits per heavy atom. The number of ether oxygens (including phenoxy) is 2. The Hall–Kier alpha value is -4.82. The molecule has 0 unspecified atom stereocenters. The van der Waals surface area contributed by atoms with E-state index in [4.69, 9.17) is 20.0 Å². The number of nitrogens with zero attached hydrogens (tertiary/aromatic N) is 6. The van der Waals surface area contributed by atoms with Crippen LogP contribution in [0.2, 0.25) is 0 Å². The van der Waals surface area contributed by atoms with Crippen molar-refractivity contribution >= 4 is 23.5 Å². The first kappa shape index (κ1) is 34.1. The lowest BCUT2D eigenvalue weighted by Gasteiger charge is -2.22. The van der Waals surface area contributed by atoms with Gasteiger partial charge in [0.05, 0.1) is 25.0 Å². The molecule has 246 valence electrons. The minimum absolute atomic E-state index is 0.0161. The predicted molar refractivity (Wildman–Crippen MR) is 176 cm³/mol. The molecule has 0 saturated heterocycles. The van der Waals surface area contributed by atoms with Crippen LogP contribution in [0.4, 0.5) is 23.5 Å². The van der Waals surface area contributed by atoms with E-state index in [-0.39, 0.29) is 37.2 Å². The topological polar surface area (TPSA) is 187 Å². The summed E-state index contributed by atoms with van der Waals surface area (Å²) in [6.07, 6.45) is 15.3. The SMILES string of the molecule is CCCC[C@@H](CCO)Nc1nc(NOC[C@H](CCC)Nc2nc(N)ncc2OCc2cccnc2)ncc1OCc1cccnc1. The third-order valence-electron chi connectivity index (χ3n) is 6.91. The summed E-state index contributed by atoms with van der Waals surface area (Å²) in [7, 11) is 0. The van der Waals surface area contributed by atoms with Gasteiger partial charge in [-0.1, -0.05) is 45.2 Å². The Labute approximate surface area is 269 Å². The van der Waals surface area contributed by atoms with Gasteiger partial charge in [-0.3, -0.25) is 14.8 Å². The van der Waals surface area contributed by atoms with Gasteiger partial charge >= 0.3 is 0 Å². The highest BCUT2D eigenvalue weighted by atomic mass is 16.6. The van der Waals surface area contributed by atoms with Crippen LogP contribution in [0.3, 0.4) is 0 Å². The fraction of sp³-hybridized carbons (Fsp3) is 0.438. The molecular formula is C32H44N10O4. The molecule has 0 radical (unpaired) electrons. The van der Waals surface area contributed by atoms with Gasteiger partial charge in [-0.15, -0.1) is 0 Å². The molecule has 4 heterocycles. The molecule has 0 saturated carbocycles. The number of hydrogen-bond donors (Lipinski definition) is 5. The number of rotatable bonds is 21. The van der Waals surface area contributed by atoms with E-state index in [1.165, 1.54) is 0 Å². The van der Waals surface area contributed by atoms with Crippen LogP contribution in [0.5, 0.6) is 11.5 Å². The maximum absolute atomic E-state index is 9.65. The van der Waals surface area contributed by atoms with Crippen LogP contribution in [0, 0.1) is 0 Å². The van der Waals surface area contributed by atoms with Gasteiger partial charge in [0, 0.05) is 48.6 Å². The Bertz CT molecular complexity index is 1440. The smallest absolute Gasteiger partial charge is 0.249 e. The molecule has 46 heavy (non-hydrogen) atoms. The first-order chi connectivity index (χ1) is 22.6. The van der Waals surface area contributed by atoms with Gasteiger partial charge in [0.2, 0.25) is 11.9 Å². The van der Waals surface area contributed by atoms with Crippen molar-refractivity contribution in [2.75, 3.05) is 35.1 Å². The summed E-state index contributed by atoms with van der Waals surface area (Å²) in [5, 5.41) is 16.5. The second-order valence-electron chi connectivity index (χ2n) is 10.7. The monoisotopic (exact) mass is 632 g/mol. The van der Waals surface area contributed by atoms with Crippen LogP contribution in [-0.2, 0) is 18.1 Å². The van der Waals surface area contributed by atoms with Crippen molar-refractivity contribution in [3.05, 3.63) is 72.6 Å². The highest BCUT2D eigenvalue weighted by molar-refractivity contribution is 5.53. The van der Waals surface area contributed by atoms with Gasteiger partial charge < -0.3 is 30.9 Å². The van der Waals surface area contributed by atoms with Crippen molar-refractivity contribution in [3.8, 4) is 11.5 Å². The molecule has 2 atom stereocenters. The Balaban J connectivity index is 1.42. The van der Waals surface area contributed by atoms with Gasteiger partial charge in [-0.05, 0) is 31.4 Å². The van der Waals surface area contributed by atoms with Crippen LogP contribution >= 0.6 is 0 Å². The molecule has 14 nitrogen and oxygen atoms in total. The maximum atomic E-state index is 9.65. The molecule has 4 rings (SSSR count). The van der Waals surface area contributed by atoms with Gasteiger partial charge in [0.25, 0.3) is 0 Å². The van der Waals surface area contributed by atoms with Crippen LogP contribution in [0.15, 0.2) is 61.4 Å². The first-order valence-corrected chi connectivity index (χ1v) is 15.6. The molecular weight excluding hydrogens is 588 g/mol. The van der Waals surface area contributed by atoms with Crippen LogP contribution in [0.25, 0.3) is 0 Å². The standard InChI is InChI=1S/C32H44N10O4/c1-3-5-11-25(12-15-43)38-30-28(45-21-24-10-7-14-35-17-24)19-37-32(41-30)42-46-22-26(8-4-2)39-29-27(18-36-31(33)40-29)44-20-23-9-6-13-34-16-23/h6-7,9-10,13-14,16-19,25-26,43H,3-5,8,11-12,15,20-22H2,1-2H3,(H3,33,36,39,40)(H2,37,38,41,42)/t25-,26-/m0/s1. The molecule has 0 aliphatic carbocycles. The minimum atomic E-state index is -0.143. The van der Waals surface area contributed by atoms with E-state index in [2.05, 4.69) is 59.9 Å². The number of nitrogens with two attached hydrogens (primary N) is 1. The number of aliphatic hydroxyl groups excluding tert-OH is 1. The Morgan fingerprint density at radius 1 is 0.783 bits per heavy atom. The van der Waals surface area contributed by atoms with E-state index in [1.807, 2.05) is 24.3 Å². The lowest BCUT2D eigenvalue weighted by atomic mass is 10.1. The number of nitrogens with one attached hydrogen (secondary N) is 3. The van der Waals surface area contributed by atoms with Crippen molar-refractivity contribution in [1.29, 1.82) is 0 Å².